The van der Waals surface area contributed by atoms with E-state index in [1.54, 1.807) is 36.5 Å². The number of ether oxygens (including phenoxy) is 2. The first kappa shape index (κ1) is 35.8. The maximum atomic E-state index is 13.3. The van der Waals surface area contributed by atoms with Crippen molar-refractivity contribution in [2.45, 2.75) is 35.9 Å². The molecule has 0 spiro atoms. The van der Waals surface area contributed by atoms with E-state index in [4.69, 9.17) is 32.1 Å². The second kappa shape index (κ2) is 15.0. The summed E-state index contributed by atoms with van der Waals surface area (Å²) in [5.74, 6) is 0.567. The molecule has 2 aromatic carbocycles. The summed E-state index contributed by atoms with van der Waals surface area (Å²) >= 11 is 5.80. The van der Waals surface area contributed by atoms with E-state index in [1.165, 1.54) is 0 Å². The van der Waals surface area contributed by atoms with Crippen LogP contribution in [0.25, 0.3) is 5.82 Å². The number of halogens is 3. The Morgan fingerprint density at radius 1 is 0.776 bits per heavy atom. The molecular formula is C37H29F3IrN5O2S. The van der Waals surface area contributed by atoms with Gasteiger partial charge in [0.2, 0.25) is 5.88 Å². The molecule has 0 radical (unpaired) electrons. The quantitative estimate of drug-likeness (QED) is 0.0771. The average Bonchev–Trinajstić information content (AvgIpc) is 3.63. The summed E-state index contributed by atoms with van der Waals surface area (Å²) in [6.45, 7) is 4.14. The summed E-state index contributed by atoms with van der Waals surface area (Å²) in [6.07, 6.45) is -0.480. The minimum Gasteiger partial charge on any atom is -0.779 e. The first-order chi connectivity index (χ1) is 23.1. The number of alkyl halides is 3. The standard InChI is InChI=1S/C37H30F3N5O2S.Ir/c1-35(26-12-4-3-5-13-26,27-14-6-7-15-28(27)48)29-16-10-17-30(42-29)36(2,47-25-24-46-34-20-8-9-22-41-34)31-18-11-19-33(43-31)45-23-21-32(44-45)37(38,39)40;/h3-12,14-22,48H,24-25H2,1-2H3;/q-2;+3/p-1. The number of aromatic nitrogens is 5. The molecule has 0 fully saturated rings. The van der Waals surface area contributed by atoms with Gasteiger partial charge in [0.15, 0.2) is 0 Å². The third-order valence-corrected chi connectivity index (χ3v) is 8.40. The van der Waals surface area contributed by atoms with Gasteiger partial charge in [-0.05, 0) is 38.1 Å². The number of hydrogen-bond acceptors (Lipinski definition) is 7. The number of hydrogen-bond donors (Lipinski definition) is 0. The normalized spacial score (nSPS) is 13.9. The molecule has 0 amide bonds. The maximum Gasteiger partial charge on any atom is 3.00 e. The van der Waals surface area contributed by atoms with Crippen molar-refractivity contribution in [3.05, 3.63) is 162 Å². The van der Waals surface area contributed by atoms with Crippen LogP contribution in [-0.2, 0) is 54.7 Å². The maximum absolute atomic E-state index is 13.3. The third-order valence-electron chi connectivity index (χ3n) is 8.05. The van der Waals surface area contributed by atoms with Gasteiger partial charge in [-0.25, -0.2) is 4.98 Å². The molecule has 250 valence electrons. The van der Waals surface area contributed by atoms with Crippen LogP contribution in [-0.4, -0.2) is 37.9 Å². The van der Waals surface area contributed by atoms with Gasteiger partial charge in [-0.15, -0.1) is 11.6 Å². The second-order valence-corrected chi connectivity index (χ2v) is 11.6. The van der Waals surface area contributed by atoms with E-state index in [0.29, 0.717) is 27.9 Å². The molecule has 0 aliphatic carbocycles. The molecule has 0 saturated carbocycles. The van der Waals surface area contributed by atoms with Gasteiger partial charge in [0.25, 0.3) is 0 Å². The van der Waals surface area contributed by atoms with Gasteiger partial charge in [-0.1, -0.05) is 60.3 Å². The second-order valence-electron chi connectivity index (χ2n) is 11.2. The number of pyridine rings is 3. The number of rotatable bonds is 11. The Bertz CT molecular complexity index is 2000. The van der Waals surface area contributed by atoms with Crippen LogP contribution in [0.5, 0.6) is 5.88 Å². The van der Waals surface area contributed by atoms with Crippen molar-refractivity contribution in [1.82, 2.24) is 24.7 Å². The minimum absolute atomic E-state index is 0. The third kappa shape index (κ3) is 7.57. The van der Waals surface area contributed by atoms with Crippen LogP contribution in [0.1, 0.15) is 47.8 Å². The van der Waals surface area contributed by atoms with E-state index in [1.807, 2.05) is 79.7 Å². The molecule has 4 aromatic heterocycles. The Morgan fingerprint density at radius 3 is 2.18 bits per heavy atom. The van der Waals surface area contributed by atoms with Gasteiger partial charge in [0.1, 0.15) is 12.2 Å². The summed E-state index contributed by atoms with van der Waals surface area (Å²) in [6, 6.07) is 35.5. The van der Waals surface area contributed by atoms with Crippen LogP contribution in [0.3, 0.4) is 0 Å². The fraction of sp³-hybridized carbons (Fsp3) is 0.189. The minimum atomic E-state index is -4.62. The largest absolute Gasteiger partial charge is 3.00 e. The molecule has 4 heterocycles. The molecule has 0 N–H and O–H groups in total. The van der Waals surface area contributed by atoms with Crippen molar-refractivity contribution >= 4 is 12.6 Å². The predicted octanol–water partition coefficient (Wildman–Crippen LogP) is 7.29. The molecule has 6 aromatic rings. The molecule has 0 saturated heterocycles. The van der Waals surface area contributed by atoms with Crippen LogP contribution in [0.15, 0.2) is 120 Å². The van der Waals surface area contributed by atoms with Gasteiger partial charge in [-0.2, -0.15) is 48.4 Å². The first-order valence-corrected chi connectivity index (χ1v) is 15.4. The van der Waals surface area contributed by atoms with Crippen molar-refractivity contribution in [3.63, 3.8) is 0 Å². The molecule has 2 unspecified atom stereocenters. The molecule has 0 aliphatic rings. The van der Waals surface area contributed by atoms with Crippen LogP contribution < -0.4 is 4.74 Å². The van der Waals surface area contributed by atoms with Crippen LogP contribution in [0.4, 0.5) is 13.2 Å². The summed E-state index contributed by atoms with van der Waals surface area (Å²) in [5.41, 5.74) is 0.157. The molecule has 2 atom stereocenters. The van der Waals surface area contributed by atoms with E-state index in [2.05, 4.69) is 29.3 Å². The Labute approximate surface area is 301 Å². The van der Waals surface area contributed by atoms with Crippen molar-refractivity contribution in [1.29, 1.82) is 0 Å². The Kier molecular flexibility index (Phi) is 10.9. The average molecular weight is 857 g/mol. The summed E-state index contributed by atoms with van der Waals surface area (Å²) < 4.78 is 53.3. The van der Waals surface area contributed by atoms with Gasteiger partial charge >= 0.3 is 26.3 Å². The molecular weight excluding hydrogens is 828 g/mol. The van der Waals surface area contributed by atoms with E-state index < -0.39 is 22.9 Å². The molecule has 0 bridgehead atoms. The summed E-state index contributed by atoms with van der Waals surface area (Å²) in [5, 5.41) is 3.66. The Morgan fingerprint density at radius 2 is 1.49 bits per heavy atom. The van der Waals surface area contributed by atoms with Crippen LogP contribution in [0, 0.1) is 12.3 Å². The van der Waals surface area contributed by atoms with E-state index >= 15 is 0 Å². The summed E-state index contributed by atoms with van der Waals surface area (Å²) in [4.78, 5) is 14.8. The predicted molar refractivity (Wildman–Crippen MR) is 174 cm³/mol. The van der Waals surface area contributed by atoms with Gasteiger partial charge in [0.05, 0.1) is 35.2 Å². The van der Waals surface area contributed by atoms with E-state index in [0.717, 1.165) is 21.9 Å². The van der Waals surface area contributed by atoms with E-state index in [9.17, 15) is 13.2 Å². The molecule has 49 heavy (non-hydrogen) atoms. The van der Waals surface area contributed by atoms with Gasteiger partial charge < -0.3 is 26.8 Å². The monoisotopic (exact) mass is 857 g/mol. The van der Waals surface area contributed by atoms with Crippen molar-refractivity contribution in [2.75, 3.05) is 13.2 Å². The zero-order chi connectivity index (χ0) is 33.8. The number of nitrogens with zero attached hydrogens (tertiary/aromatic N) is 5. The van der Waals surface area contributed by atoms with E-state index in [-0.39, 0.29) is 39.1 Å². The van der Waals surface area contributed by atoms with Crippen molar-refractivity contribution in [2.24, 2.45) is 0 Å². The zero-order valence-electron chi connectivity index (χ0n) is 26.3. The van der Waals surface area contributed by atoms with Crippen LogP contribution >= 0.6 is 0 Å². The van der Waals surface area contributed by atoms with Crippen LogP contribution in [0.2, 0.25) is 0 Å². The topological polar surface area (TPSA) is 75.0 Å². The SMILES string of the molecule is CC(OCCOc1ccccn1)(c1cccc(-n2[c-]cc(C(F)(F)F)n2)n1)c1cccc(C(C)(c2[c-]cccc2)c2ccccc2[S-])n1.[Ir+3]. The van der Waals surface area contributed by atoms with Crippen molar-refractivity contribution < 1.29 is 42.8 Å². The first-order valence-electron chi connectivity index (χ1n) is 15.0. The fourth-order valence-electron chi connectivity index (χ4n) is 5.44. The molecule has 12 heteroatoms. The molecule has 0 aliphatic heterocycles. The number of benzene rings is 2. The fourth-order valence-corrected chi connectivity index (χ4v) is 5.79. The van der Waals surface area contributed by atoms with Gasteiger partial charge in [-0.3, -0.25) is 15.1 Å². The molecule has 7 nitrogen and oxygen atoms in total. The molecule has 6 rings (SSSR count). The van der Waals surface area contributed by atoms with Crippen molar-refractivity contribution in [3.8, 4) is 11.7 Å². The Hall–Kier alpha value is -4.48. The summed E-state index contributed by atoms with van der Waals surface area (Å²) in [7, 11) is 0. The van der Waals surface area contributed by atoms with Gasteiger partial charge in [0, 0.05) is 17.7 Å². The smallest absolute Gasteiger partial charge is 0.779 e. The Balaban J connectivity index is 0.00000468. The zero-order valence-corrected chi connectivity index (χ0v) is 29.5.